The van der Waals surface area contributed by atoms with Crippen molar-refractivity contribution in [2.24, 2.45) is 0 Å². The van der Waals surface area contributed by atoms with Crippen LogP contribution in [-0.2, 0) is 15.8 Å². The van der Waals surface area contributed by atoms with E-state index in [1.54, 1.807) is 9.80 Å². The van der Waals surface area contributed by atoms with Gasteiger partial charge in [0.15, 0.2) is 0 Å². The molecular formula is C16H20F3N3O2. The first kappa shape index (κ1) is 18.1. The van der Waals surface area contributed by atoms with Crippen LogP contribution < -0.4 is 5.32 Å². The molecule has 1 fully saturated rings. The van der Waals surface area contributed by atoms with Gasteiger partial charge in [-0.05, 0) is 12.1 Å². The topological polar surface area (TPSA) is 52.7 Å². The van der Waals surface area contributed by atoms with E-state index in [1.165, 1.54) is 25.1 Å². The lowest BCUT2D eigenvalue weighted by Gasteiger charge is -2.34. The molecule has 1 aromatic carbocycles. The third-order valence-corrected chi connectivity index (χ3v) is 3.96. The predicted octanol–water partition coefficient (Wildman–Crippen LogP) is 2.20. The summed E-state index contributed by atoms with van der Waals surface area (Å²) < 4.78 is 38.6. The molecule has 0 unspecified atom stereocenters. The first-order valence-corrected chi connectivity index (χ1v) is 7.72. The fraction of sp³-hybridized carbons (Fsp3) is 0.500. The summed E-state index contributed by atoms with van der Waals surface area (Å²) in [5, 5.41) is 2.68. The van der Waals surface area contributed by atoms with E-state index in [1.807, 2.05) is 0 Å². The van der Waals surface area contributed by atoms with Gasteiger partial charge in [0.25, 0.3) is 0 Å². The Morgan fingerprint density at radius 2 is 1.67 bits per heavy atom. The number of halogens is 3. The highest BCUT2D eigenvalue weighted by Crippen LogP contribution is 2.34. The smallest absolute Gasteiger partial charge is 0.384 e. The molecule has 0 saturated carbocycles. The van der Waals surface area contributed by atoms with Crippen molar-refractivity contribution >= 4 is 17.5 Å². The fourth-order valence-electron chi connectivity index (χ4n) is 2.62. The van der Waals surface area contributed by atoms with Crippen LogP contribution in [0.2, 0.25) is 0 Å². The largest absolute Gasteiger partial charge is 0.418 e. The molecule has 132 valence electrons. The molecule has 1 N–H and O–H groups in total. The van der Waals surface area contributed by atoms with E-state index in [0.717, 1.165) is 6.07 Å². The molecule has 2 amide bonds. The van der Waals surface area contributed by atoms with Gasteiger partial charge in [-0.15, -0.1) is 0 Å². The first-order chi connectivity index (χ1) is 11.3. The number of nitrogens with one attached hydrogen (secondary N) is 1. The van der Waals surface area contributed by atoms with Crippen molar-refractivity contribution in [3.05, 3.63) is 29.8 Å². The minimum Gasteiger partial charge on any atom is -0.384 e. The second-order valence-electron chi connectivity index (χ2n) is 5.61. The van der Waals surface area contributed by atoms with Gasteiger partial charge < -0.3 is 15.1 Å². The van der Waals surface area contributed by atoms with Crippen LogP contribution in [-0.4, -0.2) is 54.3 Å². The van der Waals surface area contributed by atoms with Crippen molar-refractivity contribution in [2.45, 2.75) is 19.5 Å². The van der Waals surface area contributed by atoms with Crippen molar-refractivity contribution in [2.75, 3.05) is 38.0 Å². The van der Waals surface area contributed by atoms with Gasteiger partial charge in [0, 0.05) is 51.8 Å². The molecule has 1 aliphatic rings. The Morgan fingerprint density at radius 3 is 2.25 bits per heavy atom. The summed E-state index contributed by atoms with van der Waals surface area (Å²) in [6.07, 6.45) is -4.33. The van der Waals surface area contributed by atoms with Crippen LogP contribution in [0.3, 0.4) is 0 Å². The summed E-state index contributed by atoms with van der Waals surface area (Å²) in [4.78, 5) is 26.6. The molecule has 8 heteroatoms. The maximum atomic E-state index is 12.9. The first-order valence-electron chi connectivity index (χ1n) is 7.72. The summed E-state index contributed by atoms with van der Waals surface area (Å²) in [6.45, 7) is 3.50. The summed E-state index contributed by atoms with van der Waals surface area (Å²) in [7, 11) is 0. The molecule has 24 heavy (non-hydrogen) atoms. The minimum absolute atomic E-state index is 0.0208. The predicted molar refractivity (Wildman–Crippen MR) is 83.4 cm³/mol. The molecule has 5 nitrogen and oxygen atoms in total. The SMILES string of the molecule is CC(=O)N1CCN(C(=O)CCNc2ccccc2C(F)(F)F)CC1. The molecule has 1 saturated heterocycles. The zero-order valence-electron chi connectivity index (χ0n) is 13.4. The van der Waals surface area contributed by atoms with Gasteiger partial charge >= 0.3 is 6.18 Å². The second kappa shape index (κ2) is 7.55. The van der Waals surface area contributed by atoms with E-state index in [9.17, 15) is 22.8 Å². The maximum absolute atomic E-state index is 12.9. The number of carbonyl (C=O) groups is 2. The fourth-order valence-corrected chi connectivity index (χ4v) is 2.62. The number of hydrogen-bond acceptors (Lipinski definition) is 3. The quantitative estimate of drug-likeness (QED) is 0.912. The average Bonchev–Trinajstić information content (AvgIpc) is 2.54. The molecule has 1 aromatic rings. The highest BCUT2D eigenvalue weighted by molar-refractivity contribution is 5.78. The Kier molecular flexibility index (Phi) is 5.69. The van der Waals surface area contributed by atoms with Crippen LogP contribution in [0.5, 0.6) is 0 Å². The van der Waals surface area contributed by atoms with Gasteiger partial charge in [-0.3, -0.25) is 9.59 Å². The van der Waals surface area contributed by atoms with Gasteiger partial charge in [-0.1, -0.05) is 12.1 Å². The van der Waals surface area contributed by atoms with E-state index in [2.05, 4.69) is 5.32 Å². The Morgan fingerprint density at radius 1 is 1.08 bits per heavy atom. The Hall–Kier alpha value is -2.25. The Bertz CT molecular complexity index is 596. The maximum Gasteiger partial charge on any atom is 0.418 e. The van der Waals surface area contributed by atoms with Gasteiger partial charge in [-0.25, -0.2) is 0 Å². The highest BCUT2D eigenvalue weighted by atomic mass is 19.4. The Labute approximate surface area is 138 Å². The van der Waals surface area contributed by atoms with Crippen molar-refractivity contribution in [1.29, 1.82) is 0 Å². The van der Waals surface area contributed by atoms with Crippen LogP contribution in [0.25, 0.3) is 0 Å². The number of amides is 2. The van der Waals surface area contributed by atoms with Crippen molar-refractivity contribution in [3.8, 4) is 0 Å². The number of anilines is 1. The van der Waals surface area contributed by atoms with Crippen molar-refractivity contribution < 1.29 is 22.8 Å². The third-order valence-electron chi connectivity index (χ3n) is 3.96. The van der Waals surface area contributed by atoms with Crippen LogP contribution >= 0.6 is 0 Å². The number of piperazine rings is 1. The van der Waals surface area contributed by atoms with E-state index in [4.69, 9.17) is 0 Å². The molecule has 0 atom stereocenters. The zero-order chi connectivity index (χ0) is 17.7. The molecule has 2 rings (SSSR count). The molecular weight excluding hydrogens is 323 g/mol. The van der Waals surface area contributed by atoms with E-state index in [0.29, 0.717) is 26.2 Å². The number of para-hydroxylation sites is 1. The average molecular weight is 343 g/mol. The number of nitrogens with zero attached hydrogens (tertiary/aromatic N) is 2. The monoisotopic (exact) mass is 343 g/mol. The number of rotatable bonds is 4. The van der Waals surface area contributed by atoms with Gasteiger partial charge in [-0.2, -0.15) is 13.2 Å². The zero-order valence-corrected chi connectivity index (χ0v) is 13.4. The second-order valence-corrected chi connectivity index (χ2v) is 5.61. The van der Waals surface area contributed by atoms with Crippen LogP contribution in [0.4, 0.5) is 18.9 Å². The Balaban J connectivity index is 1.83. The number of alkyl halides is 3. The van der Waals surface area contributed by atoms with E-state index in [-0.39, 0.29) is 30.5 Å². The van der Waals surface area contributed by atoms with Gasteiger partial charge in [0.1, 0.15) is 0 Å². The van der Waals surface area contributed by atoms with Crippen LogP contribution in [0.15, 0.2) is 24.3 Å². The van der Waals surface area contributed by atoms with E-state index >= 15 is 0 Å². The molecule has 1 aliphatic heterocycles. The van der Waals surface area contributed by atoms with E-state index < -0.39 is 11.7 Å². The molecule has 0 aromatic heterocycles. The molecule has 0 spiro atoms. The molecule has 0 aliphatic carbocycles. The van der Waals surface area contributed by atoms with Gasteiger partial charge in [0.05, 0.1) is 5.56 Å². The van der Waals surface area contributed by atoms with Gasteiger partial charge in [0.2, 0.25) is 11.8 Å². The van der Waals surface area contributed by atoms with Crippen molar-refractivity contribution in [1.82, 2.24) is 9.80 Å². The lowest BCUT2D eigenvalue weighted by atomic mass is 10.1. The summed E-state index contributed by atoms with van der Waals surface area (Å²) in [6, 6.07) is 5.19. The van der Waals surface area contributed by atoms with Crippen molar-refractivity contribution in [3.63, 3.8) is 0 Å². The lowest BCUT2D eigenvalue weighted by molar-refractivity contribution is -0.138. The minimum atomic E-state index is -4.43. The number of hydrogen-bond donors (Lipinski definition) is 1. The summed E-state index contributed by atoms with van der Waals surface area (Å²) in [5.41, 5.74) is -0.772. The third kappa shape index (κ3) is 4.62. The molecule has 0 radical (unpaired) electrons. The van der Waals surface area contributed by atoms with Crippen LogP contribution in [0, 0.1) is 0 Å². The lowest BCUT2D eigenvalue weighted by Crippen LogP contribution is -2.50. The summed E-state index contributed by atoms with van der Waals surface area (Å²) in [5.74, 6) is -0.150. The normalized spacial score (nSPS) is 15.3. The summed E-state index contributed by atoms with van der Waals surface area (Å²) >= 11 is 0. The number of benzene rings is 1. The molecule has 0 bridgehead atoms. The van der Waals surface area contributed by atoms with Crippen LogP contribution in [0.1, 0.15) is 18.9 Å². The standard InChI is InChI=1S/C16H20F3N3O2/c1-12(23)21-8-10-22(11-9-21)15(24)6-7-20-14-5-3-2-4-13(14)16(17,18)19/h2-5,20H,6-11H2,1H3. The molecule has 1 heterocycles. The number of carbonyl (C=O) groups excluding carboxylic acids is 2. The highest BCUT2D eigenvalue weighted by Gasteiger charge is 2.33.